The molecule has 2 saturated heterocycles. The number of morpholine rings is 2. The summed E-state index contributed by atoms with van der Waals surface area (Å²) in [6.45, 7) is 4.80. The Bertz CT molecular complexity index is 2750. The van der Waals surface area contributed by atoms with Crippen molar-refractivity contribution in [1.82, 2.24) is 45.1 Å². The minimum absolute atomic E-state index is 0.0131. The highest BCUT2D eigenvalue weighted by Crippen LogP contribution is 2.39. The summed E-state index contributed by atoms with van der Waals surface area (Å²) >= 11 is 0. The van der Waals surface area contributed by atoms with E-state index in [1.165, 1.54) is 11.2 Å². The molecule has 0 radical (unpaired) electrons. The third-order valence-electron chi connectivity index (χ3n) is 13.7. The van der Waals surface area contributed by atoms with Crippen molar-refractivity contribution < 1.29 is 28.5 Å². The second kappa shape index (κ2) is 20.7. The van der Waals surface area contributed by atoms with Crippen LogP contribution in [0.4, 0.5) is 22.9 Å². The zero-order valence-corrected chi connectivity index (χ0v) is 39.3. The summed E-state index contributed by atoms with van der Waals surface area (Å²) in [5.41, 5.74) is 6.64. The first-order chi connectivity index (χ1) is 33.7. The van der Waals surface area contributed by atoms with Gasteiger partial charge in [0, 0.05) is 120 Å². The molecule has 4 fully saturated rings. The largest absolute Gasteiger partial charge is 0.488 e. The van der Waals surface area contributed by atoms with E-state index in [1.54, 1.807) is 64.3 Å². The lowest BCUT2D eigenvalue weighted by molar-refractivity contribution is -0.0298. The first kappa shape index (κ1) is 45.8. The van der Waals surface area contributed by atoms with E-state index in [2.05, 4.69) is 70.0 Å². The highest BCUT2D eigenvalue weighted by molar-refractivity contribution is 5.93. The van der Waals surface area contributed by atoms with Gasteiger partial charge in [-0.3, -0.25) is 19.6 Å². The molecule has 3 N–H and O–H groups in total. The first-order valence-corrected chi connectivity index (χ1v) is 24.0. The van der Waals surface area contributed by atoms with E-state index in [-0.39, 0.29) is 48.1 Å². The minimum Gasteiger partial charge on any atom is -0.488 e. The van der Waals surface area contributed by atoms with Gasteiger partial charge < -0.3 is 49.6 Å². The number of amides is 2. The normalized spacial score (nSPS) is 23.0. The summed E-state index contributed by atoms with van der Waals surface area (Å²) in [5.74, 6) is 1.72. The number of fused-ring (bicyclic) bond motifs is 2. The van der Waals surface area contributed by atoms with Crippen molar-refractivity contribution in [1.29, 1.82) is 0 Å². The fraction of sp³-hybridized carbons (Fsp3) is 0.460. The predicted octanol–water partition coefficient (Wildman–Crippen LogP) is 5.39. The number of pyridine rings is 1. The molecule has 2 aliphatic carbocycles. The number of nitrogens with one attached hydrogen (secondary N) is 3. The van der Waals surface area contributed by atoms with Crippen molar-refractivity contribution in [3.63, 3.8) is 0 Å². The van der Waals surface area contributed by atoms with Gasteiger partial charge >= 0.3 is 0 Å². The van der Waals surface area contributed by atoms with Crippen LogP contribution in [0.5, 0.6) is 11.5 Å². The SMILES string of the molecule is CNC(=O)c1ccc(N[C@@H]2CC[C@H](Oc3cc(N4CCOCC4)cc4nccnc34)CC2C2CN(c3cc(O[C@H]4CC[C@@H](Nc5cc(C(=O)N(C)C)ncn5)CC4)c4nccnc4c3)CCO2)cn1. The minimum atomic E-state index is -0.231. The first-order valence-electron chi connectivity index (χ1n) is 24.0. The van der Waals surface area contributed by atoms with Crippen molar-refractivity contribution in [2.75, 3.05) is 87.6 Å². The molecule has 19 heteroatoms. The Morgan fingerprint density at radius 2 is 1.36 bits per heavy atom. The van der Waals surface area contributed by atoms with E-state index in [1.807, 2.05) is 6.07 Å². The molecule has 10 rings (SSSR count). The lowest BCUT2D eigenvalue weighted by Crippen LogP contribution is -2.52. The van der Waals surface area contributed by atoms with Gasteiger partial charge in [0.05, 0.1) is 61.1 Å². The van der Waals surface area contributed by atoms with Gasteiger partial charge in [0.15, 0.2) is 0 Å². The number of nitrogens with zero attached hydrogens (tertiary/aromatic N) is 10. The van der Waals surface area contributed by atoms with Crippen molar-refractivity contribution in [2.24, 2.45) is 5.92 Å². The van der Waals surface area contributed by atoms with Crippen LogP contribution < -0.4 is 35.2 Å². The predicted molar refractivity (Wildman–Crippen MR) is 261 cm³/mol. The molecule has 4 aromatic heterocycles. The maximum atomic E-state index is 12.5. The number of benzene rings is 2. The van der Waals surface area contributed by atoms with Crippen molar-refractivity contribution in [3.05, 3.63) is 91.2 Å². The third-order valence-corrected chi connectivity index (χ3v) is 13.7. The molecule has 0 bridgehead atoms. The van der Waals surface area contributed by atoms with E-state index < -0.39 is 0 Å². The summed E-state index contributed by atoms with van der Waals surface area (Å²) in [4.78, 5) is 62.9. The number of aromatic nitrogens is 7. The van der Waals surface area contributed by atoms with Crippen LogP contribution in [0.2, 0.25) is 0 Å². The maximum absolute atomic E-state index is 12.5. The van der Waals surface area contributed by atoms with Crippen LogP contribution in [0.1, 0.15) is 65.9 Å². The molecule has 2 amide bonds. The quantitative estimate of drug-likeness (QED) is 0.133. The summed E-state index contributed by atoms with van der Waals surface area (Å²) < 4.78 is 26.3. The second-order valence-corrected chi connectivity index (χ2v) is 18.4. The summed E-state index contributed by atoms with van der Waals surface area (Å²) in [6.07, 6.45) is 15.5. The zero-order valence-electron chi connectivity index (χ0n) is 39.3. The van der Waals surface area contributed by atoms with Gasteiger partial charge in [0.25, 0.3) is 11.8 Å². The summed E-state index contributed by atoms with van der Waals surface area (Å²) in [5, 5.41) is 9.95. The van der Waals surface area contributed by atoms with Gasteiger partial charge in [0.2, 0.25) is 0 Å². The van der Waals surface area contributed by atoms with Crippen molar-refractivity contribution >= 4 is 56.8 Å². The molecule has 4 atom stereocenters. The van der Waals surface area contributed by atoms with Crippen LogP contribution in [0, 0.1) is 5.92 Å². The molecule has 2 saturated carbocycles. The molecular weight excluding hydrogens is 879 g/mol. The molecular formula is C50H59N13O6. The van der Waals surface area contributed by atoms with Gasteiger partial charge in [-0.1, -0.05) is 0 Å². The number of rotatable bonds is 13. The van der Waals surface area contributed by atoms with E-state index in [9.17, 15) is 9.59 Å². The van der Waals surface area contributed by atoms with Crippen LogP contribution in [-0.2, 0) is 9.47 Å². The van der Waals surface area contributed by atoms with Gasteiger partial charge in [-0.2, -0.15) is 0 Å². The molecule has 4 aliphatic rings. The monoisotopic (exact) mass is 937 g/mol. The number of hydrogen-bond acceptors (Lipinski definition) is 17. The van der Waals surface area contributed by atoms with E-state index in [4.69, 9.17) is 33.9 Å². The molecule has 6 heterocycles. The molecule has 2 aromatic carbocycles. The summed E-state index contributed by atoms with van der Waals surface area (Å²) in [7, 11) is 5.02. The van der Waals surface area contributed by atoms with Crippen LogP contribution in [0.3, 0.4) is 0 Å². The zero-order chi connectivity index (χ0) is 47.3. The molecule has 0 spiro atoms. The molecule has 6 aromatic rings. The van der Waals surface area contributed by atoms with Gasteiger partial charge in [-0.05, 0) is 69.2 Å². The van der Waals surface area contributed by atoms with E-state index in [0.29, 0.717) is 55.9 Å². The molecule has 2 unspecified atom stereocenters. The number of ether oxygens (including phenoxy) is 4. The second-order valence-electron chi connectivity index (χ2n) is 18.4. The highest BCUT2D eigenvalue weighted by Gasteiger charge is 2.40. The highest BCUT2D eigenvalue weighted by atomic mass is 16.5. The van der Waals surface area contributed by atoms with Crippen molar-refractivity contribution in [3.8, 4) is 11.5 Å². The standard InChI is InChI=1S/C50H59N13O6/c1-51-49(64)39-10-6-32(28-56-39)59-38-11-9-36(69-44-24-33(62-16-19-66-20-17-62)22-40-48(44)55-15-12-52-40)26-37(38)45-29-63(18-21-67-45)34-23-41-47(54-14-13-53-41)43(25-34)68-35-7-4-31(5-8-35)60-46-27-42(57-30-58-46)50(65)61(2)3/h6,10,12-15,22-25,27-28,30-31,35-38,45,59H,4-5,7-9,11,16-21,26,29H2,1-3H3,(H,51,64)(H,57,58,60)/t31-,35+,36-,37?,38+,45?/m0/s1. The smallest absolute Gasteiger partial charge is 0.272 e. The topological polar surface area (TPSA) is 207 Å². The molecule has 69 heavy (non-hydrogen) atoms. The van der Waals surface area contributed by atoms with Gasteiger partial charge in [0.1, 0.15) is 46.1 Å². The average Bonchev–Trinajstić information content (AvgIpc) is 3.39. The fourth-order valence-electron chi connectivity index (χ4n) is 10.1. The Balaban J connectivity index is 0.870. The lowest BCUT2D eigenvalue weighted by atomic mass is 9.78. The number of carbonyl (C=O) groups is 2. The Hall–Kier alpha value is -6.99. The Kier molecular flexibility index (Phi) is 13.7. The maximum Gasteiger partial charge on any atom is 0.272 e. The van der Waals surface area contributed by atoms with E-state index >= 15 is 0 Å². The van der Waals surface area contributed by atoms with Crippen molar-refractivity contribution in [2.45, 2.75) is 75.3 Å². The number of anilines is 4. The Labute approximate surface area is 400 Å². The fourth-order valence-corrected chi connectivity index (χ4v) is 10.1. The average molecular weight is 938 g/mol. The van der Waals surface area contributed by atoms with Crippen LogP contribution in [0.25, 0.3) is 22.1 Å². The third kappa shape index (κ3) is 10.5. The molecule has 360 valence electrons. The van der Waals surface area contributed by atoms with Crippen LogP contribution >= 0.6 is 0 Å². The lowest BCUT2D eigenvalue weighted by Gasteiger charge is -2.45. The summed E-state index contributed by atoms with van der Waals surface area (Å²) in [6, 6.07) is 14.0. The van der Waals surface area contributed by atoms with Crippen LogP contribution in [-0.4, -0.2) is 149 Å². The number of carbonyl (C=O) groups excluding carboxylic acids is 2. The van der Waals surface area contributed by atoms with Gasteiger partial charge in [-0.25, -0.2) is 24.9 Å². The van der Waals surface area contributed by atoms with Crippen LogP contribution in [0.15, 0.2) is 79.8 Å². The Morgan fingerprint density at radius 3 is 2.04 bits per heavy atom. The van der Waals surface area contributed by atoms with E-state index in [0.717, 1.165) is 103 Å². The number of hydrogen-bond donors (Lipinski definition) is 3. The molecule has 2 aliphatic heterocycles. The van der Waals surface area contributed by atoms with Gasteiger partial charge in [-0.15, -0.1) is 0 Å². The Morgan fingerprint density at radius 1 is 0.696 bits per heavy atom. The molecule has 19 nitrogen and oxygen atoms in total.